The van der Waals surface area contributed by atoms with Crippen LogP contribution in [0.2, 0.25) is 0 Å². The molecule has 1 unspecified atom stereocenters. The quantitative estimate of drug-likeness (QED) is 0.739. The van der Waals surface area contributed by atoms with Gasteiger partial charge in [0.25, 0.3) is 0 Å². The smallest absolute Gasteiger partial charge is 0.0667 e. The SMILES string of the molecule is NCC1(CN2CCCC(O)C2)CCCCCC1. The second-order valence-electron chi connectivity index (χ2n) is 6.15. The molecule has 17 heavy (non-hydrogen) atoms. The topological polar surface area (TPSA) is 49.5 Å². The zero-order valence-electron chi connectivity index (χ0n) is 11.0. The molecule has 0 aromatic carbocycles. The van der Waals surface area contributed by atoms with Crippen LogP contribution in [0.3, 0.4) is 0 Å². The zero-order valence-corrected chi connectivity index (χ0v) is 11.0. The Morgan fingerprint density at radius 3 is 2.41 bits per heavy atom. The molecule has 1 aliphatic heterocycles. The number of aliphatic hydroxyl groups excluding tert-OH is 1. The molecule has 0 amide bonds. The molecule has 1 aliphatic carbocycles. The van der Waals surface area contributed by atoms with E-state index >= 15 is 0 Å². The van der Waals surface area contributed by atoms with E-state index in [1.807, 2.05) is 0 Å². The molecule has 0 aromatic rings. The summed E-state index contributed by atoms with van der Waals surface area (Å²) in [6.45, 7) is 3.95. The van der Waals surface area contributed by atoms with Crippen LogP contribution in [0.25, 0.3) is 0 Å². The molecule has 3 nitrogen and oxygen atoms in total. The predicted octanol–water partition coefficient (Wildman–Crippen LogP) is 1.74. The van der Waals surface area contributed by atoms with E-state index in [-0.39, 0.29) is 6.10 Å². The third-order valence-electron chi connectivity index (χ3n) is 4.64. The second kappa shape index (κ2) is 6.17. The van der Waals surface area contributed by atoms with Gasteiger partial charge in [0.2, 0.25) is 0 Å². The van der Waals surface area contributed by atoms with Crippen molar-refractivity contribution in [2.75, 3.05) is 26.2 Å². The minimum absolute atomic E-state index is 0.107. The van der Waals surface area contributed by atoms with Crippen molar-refractivity contribution in [3.63, 3.8) is 0 Å². The van der Waals surface area contributed by atoms with Gasteiger partial charge in [0.1, 0.15) is 0 Å². The summed E-state index contributed by atoms with van der Waals surface area (Å²) in [5, 5.41) is 9.75. The number of nitrogens with two attached hydrogens (primary N) is 1. The Morgan fingerprint density at radius 2 is 1.82 bits per heavy atom. The lowest BCUT2D eigenvalue weighted by molar-refractivity contribution is 0.0403. The highest BCUT2D eigenvalue weighted by Gasteiger charge is 2.32. The molecular formula is C14H28N2O. The van der Waals surface area contributed by atoms with E-state index in [0.29, 0.717) is 5.41 Å². The van der Waals surface area contributed by atoms with E-state index in [1.54, 1.807) is 0 Å². The van der Waals surface area contributed by atoms with E-state index in [9.17, 15) is 5.11 Å². The molecule has 1 atom stereocenters. The van der Waals surface area contributed by atoms with Crippen LogP contribution in [0.5, 0.6) is 0 Å². The van der Waals surface area contributed by atoms with Crippen LogP contribution in [0.15, 0.2) is 0 Å². The number of piperidine rings is 1. The summed E-state index contributed by atoms with van der Waals surface area (Å²) in [7, 11) is 0. The monoisotopic (exact) mass is 240 g/mol. The molecule has 2 fully saturated rings. The number of β-amino-alcohol motifs (C(OH)–C–C–N with tert-alkyl or cyclic N) is 1. The number of aliphatic hydroxyl groups is 1. The molecule has 0 radical (unpaired) electrons. The van der Waals surface area contributed by atoms with Gasteiger partial charge in [0.15, 0.2) is 0 Å². The van der Waals surface area contributed by atoms with Crippen LogP contribution in [0, 0.1) is 5.41 Å². The maximum absolute atomic E-state index is 9.75. The van der Waals surface area contributed by atoms with Crippen molar-refractivity contribution in [3.8, 4) is 0 Å². The minimum Gasteiger partial charge on any atom is -0.392 e. The summed E-state index contributed by atoms with van der Waals surface area (Å²) >= 11 is 0. The largest absolute Gasteiger partial charge is 0.392 e. The normalized spacial score (nSPS) is 31.1. The van der Waals surface area contributed by atoms with Crippen molar-refractivity contribution in [1.29, 1.82) is 0 Å². The predicted molar refractivity (Wildman–Crippen MR) is 70.9 cm³/mol. The van der Waals surface area contributed by atoms with Gasteiger partial charge in [-0.25, -0.2) is 0 Å². The maximum Gasteiger partial charge on any atom is 0.0667 e. The van der Waals surface area contributed by atoms with Gasteiger partial charge in [-0.1, -0.05) is 25.7 Å². The Kier molecular flexibility index (Phi) is 4.83. The lowest BCUT2D eigenvalue weighted by Crippen LogP contribution is -2.47. The molecule has 3 N–H and O–H groups in total. The molecule has 2 aliphatic rings. The molecule has 0 bridgehead atoms. The Morgan fingerprint density at radius 1 is 1.12 bits per heavy atom. The Bertz CT molecular complexity index is 224. The van der Waals surface area contributed by atoms with Crippen LogP contribution >= 0.6 is 0 Å². The third-order valence-corrected chi connectivity index (χ3v) is 4.64. The average molecular weight is 240 g/mol. The van der Waals surface area contributed by atoms with Crippen molar-refractivity contribution < 1.29 is 5.11 Å². The molecule has 1 saturated heterocycles. The zero-order chi connectivity index (χ0) is 12.1. The number of hydrogen-bond acceptors (Lipinski definition) is 3. The highest BCUT2D eigenvalue weighted by atomic mass is 16.3. The van der Waals surface area contributed by atoms with Crippen LogP contribution < -0.4 is 5.73 Å². The van der Waals surface area contributed by atoms with E-state index in [4.69, 9.17) is 5.73 Å². The summed E-state index contributed by atoms with van der Waals surface area (Å²) in [6.07, 6.45) is 10.0. The van der Waals surface area contributed by atoms with E-state index in [1.165, 1.54) is 38.5 Å². The molecule has 1 heterocycles. The van der Waals surface area contributed by atoms with Crippen molar-refractivity contribution in [1.82, 2.24) is 4.90 Å². The fourth-order valence-electron chi connectivity index (χ4n) is 3.55. The fraction of sp³-hybridized carbons (Fsp3) is 1.00. The van der Waals surface area contributed by atoms with Crippen LogP contribution in [-0.2, 0) is 0 Å². The van der Waals surface area contributed by atoms with Gasteiger partial charge in [-0.2, -0.15) is 0 Å². The first-order valence-electron chi connectivity index (χ1n) is 7.35. The fourth-order valence-corrected chi connectivity index (χ4v) is 3.55. The van der Waals surface area contributed by atoms with Gasteiger partial charge in [-0.3, -0.25) is 0 Å². The molecule has 0 aromatic heterocycles. The molecule has 2 rings (SSSR count). The standard InChI is InChI=1S/C14H28N2O/c15-11-14(7-3-1-2-4-8-14)12-16-9-5-6-13(17)10-16/h13,17H,1-12,15H2. The van der Waals surface area contributed by atoms with Gasteiger partial charge in [0, 0.05) is 13.1 Å². The lowest BCUT2D eigenvalue weighted by Gasteiger charge is -2.40. The number of hydrogen-bond donors (Lipinski definition) is 2. The van der Waals surface area contributed by atoms with Crippen LogP contribution in [0.1, 0.15) is 51.4 Å². The van der Waals surface area contributed by atoms with Gasteiger partial charge in [-0.05, 0) is 44.2 Å². The Labute approximate surface area is 105 Å². The Balaban J connectivity index is 1.92. The highest BCUT2D eigenvalue weighted by molar-refractivity contribution is 4.87. The average Bonchev–Trinajstić information content (AvgIpc) is 2.55. The van der Waals surface area contributed by atoms with E-state index < -0.39 is 0 Å². The first-order chi connectivity index (χ1) is 8.24. The number of rotatable bonds is 3. The maximum atomic E-state index is 9.75. The van der Waals surface area contributed by atoms with Gasteiger partial charge in [-0.15, -0.1) is 0 Å². The summed E-state index contributed by atoms with van der Waals surface area (Å²) < 4.78 is 0. The summed E-state index contributed by atoms with van der Waals surface area (Å²) in [5.74, 6) is 0. The summed E-state index contributed by atoms with van der Waals surface area (Å²) in [6, 6.07) is 0. The number of likely N-dealkylation sites (tertiary alicyclic amines) is 1. The van der Waals surface area contributed by atoms with E-state index in [0.717, 1.165) is 39.0 Å². The van der Waals surface area contributed by atoms with Crippen LogP contribution in [0.4, 0.5) is 0 Å². The third kappa shape index (κ3) is 3.67. The first kappa shape index (κ1) is 13.3. The first-order valence-corrected chi connectivity index (χ1v) is 7.35. The van der Waals surface area contributed by atoms with Gasteiger partial charge in [0.05, 0.1) is 6.10 Å². The molecule has 0 spiro atoms. The summed E-state index contributed by atoms with van der Waals surface area (Å²) in [4.78, 5) is 2.45. The summed E-state index contributed by atoms with van der Waals surface area (Å²) in [5.41, 5.74) is 6.41. The molecule has 100 valence electrons. The highest BCUT2D eigenvalue weighted by Crippen LogP contribution is 2.35. The van der Waals surface area contributed by atoms with Crippen molar-refractivity contribution in [3.05, 3.63) is 0 Å². The van der Waals surface area contributed by atoms with Gasteiger partial charge >= 0.3 is 0 Å². The minimum atomic E-state index is -0.107. The molecule has 1 saturated carbocycles. The van der Waals surface area contributed by atoms with Crippen molar-refractivity contribution in [2.45, 2.75) is 57.5 Å². The lowest BCUT2D eigenvalue weighted by atomic mass is 9.79. The van der Waals surface area contributed by atoms with Crippen molar-refractivity contribution >= 4 is 0 Å². The van der Waals surface area contributed by atoms with E-state index in [2.05, 4.69) is 4.90 Å². The van der Waals surface area contributed by atoms with Crippen molar-refractivity contribution in [2.24, 2.45) is 11.1 Å². The van der Waals surface area contributed by atoms with Crippen LogP contribution in [-0.4, -0.2) is 42.3 Å². The molecular weight excluding hydrogens is 212 g/mol. The number of nitrogens with zero attached hydrogens (tertiary/aromatic N) is 1. The van der Waals surface area contributed by atoms with Gasteiger partial charge < -0.3 is 15.7 Å². The molecule has 3 heteroatoms. The Hall–Kier alpha value is -0.120. The second-order valence-corrected chi connectivity index (χ2v) is 6.15.